The number of terminal acetylenes is 1. The fourth-order valence-corrected chi connectivity index (χ4v) is 9.44. The van der Waals surface area contributed by atoms with E-state index in [-0.39, 0.29) is 63.4 Å². The molecule has 0 saturated heterocycles. The van der Waals surface area contributed by atoms with Crippen LogP contribution in [0, 0.1) is 95.9 Å². The van der Waals surface area contributed by atoms with Crippen LogP contribution >= 0.6 is 35.3 Å². The molecule has 2 atom stereocenters. The van der Waals surface area contributed by atoms with Crippen molar-refractivity contribution in [2.45, 2.75) is 118 Å². The van der Waals surface area contributed by atoms with Crippen molar-refractivity contribution in [3.63, 3.8) is 0 Å². The molecule has 0 spiro atoms. The van der Waals surface area contributed by atoms with Gasteiger partial charge >= 0.3 is 26.2 Å². The van der Waals surface area contributed by atoms with Gasteiger partial charge in [0, 0.05) is 39.2 Å². The molecular formula is C87H111N5S3Zr2-6. The van der Waals surface area contributed by atoms with Crippen LogP contribution < -0.4 is 0 Å². The fourth-order valence-electron chi connectivity index (χ4n) is 8.00. The molecule has 9 aromatic rings. The van der Waals surface area contributed by atoms with Crippen molar-refractivity contribution >= 4 is 51.7 Å². The van der Waals surface area contributed by atoms with Gasteiger partial charge in [-0.05, 0) is 83.4 Å². The molecule has 0 aliphatic rings. The van der Waals surface area contributed by atoms with Gasteiger partial charge in [0.2, 0.25) is 0 Å². The van der Waals surface area contributed by atoms with Crippen LogP contribution in [0.3, 0.4) is 0 Å². The normalized spacial score (nSPS) is 10.2. The maximum absolute atomic E-state index is 4.74. The zero-order valence-electron chi connectivity index (χ0n) is 60.6. The van der Waals surface area contributed by atoms with Gasteiger partial charge < -0.3 is 21.3 Å². The van der Waals surface area contributed by atoms with Crippen LogP contribution in [0.4, 0.5) is 11.4 Å². The second-order valence-electron chi connectivity index (χ2n) is 21.7. The van der Waals surface area contributed by atoms with Gasteiger partial charge in [0.05, 0.1) is 5.04 Å². The SMILES string of the molecule is C#C.CCCCN=C(Cc1c(C)cccc1C)SC.CCCC[N-]C([N-]c1c(C)cccc1C)SC.CCCC[N-]C([N-]c1c(C)cccc1C)SC.[CH2-]c1ccccc1.[CH2-]c1ccccc1.[CH2-]c1ccccc1.[CH2-]c1ccccc1.[CH2-]c1ccccc1.[CH2-]c1ccccc1.[Zr+4].[Zr]. The molecule has 10 heteroatoms. The number of hydrogen-bond donors (Lipinski definition) is 0. The summed E-state index contributed by atoms with van der Waals surface area (Å²) in [7, 11) is 0. The monoisotopic (exact) mass is 1500 g/mol. The number of nitrogens with zero attached hydrogens (tertiary/aromatic N) is 5. The molecule has 9 rings (SSSR count). The molecule has 0 heterocycles. The average Bonchev–Trinajstić information content (AvgIpc) is 0.964. The van der Waals surface area contributed by atoms with Gasteiger partial charge in [-0.1, -0.05) is 166 Å². The van der Waals surface area contributed by atoms with E-state index >= 15 is 0 Å². The molecule has 516 valence electrons. The van der Waals surface area contributed by atoms with Crippen LogP contribution in [0.1, 0.15) is 132 Å². The van der Waals surface area contributed by atoms with Gasteiger partial charge in [-0.25, -0.2) is 23.5 Å². The Labute approximate surface area is 644 Å². The van der Waals surface area contributed by atoms with Crippen molar-refractivity contribution in [2.75, 3.05) is 38.4 Å². The Morgan fingerprint density at radius 3 is 0.804 bits per heavy atom. The molecule has 0 N–H and O–H groups in total. The predicted molar refractivity (Wildman–Crippen MR) is 434 cm³/mol. The average molecular weight is 1510 g/mol. The number of unbranched alkanes of at least 4 members (excludes halogenated alkanes) is 3. The Morgan fingerprint density at radius 1 is 0.371 bits per heavy atom. The van der Waals surface area contributed by atoms with Gasteiger partial charge in [-0.15, -0.1) is 122 Å². The van der Waals surface area contributed by atoms with Gasteiger partial charge in [0.25, 0.3) is 0 Å². The minimum Gasteiger partial charge on any atom is -0.691 e. The largest absolute Gasteiger partial charge is 4.00 e. The summed E-state index contributed by atoms with van der Waals surface area (Å²) in [6, 6.07) is 78.3. The number of thioether (sulfide) groups is 3. The van der Waals surface area contributed by atoms with Crippen LogP contribution in [0.5, 0.6) is 0 Å². The molecule has 0 amide bonds. The van der Waals surface area contributed by atoms with E-state index in [9.17, 15) is 0 Å². The Hall–Kier alpha value is -6.23. The van der Waals surface area contributed by atoms with E-state index in [1.54, 1.807) is 35.3 Å². The summed E-state index contributed by atoms with van der Waals surface area (Å²) in [4.78, 5) is 4.69. The Kier molecular flexibility index (Phi) is 63.1. The number of benzene rings is 9. The fraction of sp³-hybridized carbons (Fsp3) is 0.276. The third-order valence-corrected chi connectivity index (χ3v) is 15.5. The van der Waals surface area contributed by atoms with Crippen molar-refractivity contribution in [1.29, 1.82) is 0 Å². The van der Waals surface area contributed by atoms with Crippen molar-refractivity contribution < 1.29 is 52.4 Å². The second kappa shape index (κ2) is 64.4. The van der Waals surface area contributed by atoms with E-state index in [0.29, 0.717) is 0 Å². The summed E-state index contributed by atoms with van der Waals surface area (Å²) >= 11 is 5.18. The molecule has 0 fully saturated rings. The summed E-state index contributed by atoms with van der Waals surface area (Å²) in [6.45, 7) is 44.5. The van der Waals surface area contributed by atoms with Crippen LogP contribution in [-0.4, -0.2) is 54.4 Å². The first-order valence-electron chi connectivity index (χ1n) is 32.5. The number of para-hydroxylation sites is 2. The third-order valence-electron chi connectivity index (χ3n) is 13.4. The van der Waals surface area contributed by atoms with Crippen molar-refractivity contribution in [3.05, 3.63) is 372 Å². The van der Waals surface area contributed by atoms with Crippen LogP contribution in [-0.2, 0) is 58.8 Å². The van der Waals surface area contributed by atoms with E-state index in [2.05, 4.69) is 206 Å². The second-order valence-corrected chi connectivity index (χ2v) is 24.3. The number of rotatable bonds is 19. The number of hydrogen-bond acceptors (Lipinski definition) is 4. The minimum atomic E-state index is 0. The quantitative estimate of drug-likeness (QED) is 0.0266. The Bertz CT molecular complexity index is 2840. The molecule has 0 saturated carbocycles. The van der Waals surface area contributed by atoms with E-state index in [1.807, 2.05) is 182 Å². The van der Waals surface area contributed by atoms with Crippen LogP contribution in [0.25, 0.3) is 21.3 Å². The van der Waals surface area contributed by atoms with Crippen LogP contribution in [0.15, 0.2) is 242 Å². The minimum absolute atomic E-state index is 0. The van der Waals surface area contributed by atoms with E-state index in [4.69, 9.17) is 10.6 Å². The molecule has 2 unspecified atom stereocenters. The van der Waals surface area contributed by atoms with Crippen molar-refractivity contribution in [1.82, 2.24) is 0 Å². The summed E-state index contributed by atoms with van der Waals surface area (Å²) < 4.78 is 0. The maximum Gasteiger partial charge on any atom is 4.00 e. The summed E-state index contributed by atoms with van der Waals surface area (Å²) in [5.74, 6) is 0. The topological polar surface area (TPSA) is 68.8 Å². The summed E-state index contributed by atoms with van der Waals surface area (Å²) in [6.07, 6.45) is 22.3. The number of aryl methyl sites for hydroxylation is 6. The predicted octanol–water partition coefficient (Wildman–Crippen LogP) is 26.1. The van der Waals surface area contributed by atoms with E-state index in [1.165, 1.54) is 69.7 Å². The number of aliphatic imine (C=N–C) groups is 1. The molecule has 0 bridgehead atoms. The molecule has 5 nitrogen and oxygen atoms in total. The Balaban J connectivity index is -0.00000105. The van der Waals surface area contributed by atoms with Gasteiger partial charge in [-0.3, -0.25) is 4.99 Å². The Morgan fingerprint density at radius 2 is 0.608 bits per heavy atom. The van der Waals surface area contributed by atoms with Gasteiger partial charge in [0.1, 0.15) is 0 Å². The zero-order valence-corrected chi connectivity index (χ0v) is 68.0. The molecular weight excluding hydrogens is 1390 g/mol. The van der Waals surface area contributed by atoms with E-state index in [0.717, 1.165) is 83.7 Å². The first-order valence-corrected chi connectivity index (χ1v) is 36.3. The standard InChI is InChI=1S/C15H23NS.2C14H22N2S.6C7H7.C2H2.2Zr/c1-5-6-10-16-15(17-4)11-14-12(2)8-7-9-13(14)3;2*1-5-6-10-15-14(17-4)16-13-11(2)8-7-9-12(13)3;6*1-7-5-3-2-4-6-7;1-2;;/h7-9H,5-6,10-11H2,1-4H3;2*7-9,14H,5-6,10H2,1-4H3;6*2-6H,1H2;1-2H;;/q;2*-2;6*-1;;;+4. The molecule has 97 heavy (non-hydrogen) atoms. The van der Waals surface area contributed by atoms with Crippen LogP contribution in [0.2, 0.25) is 0 Å². The molecule has 0 aromatic heterocycles. The van der Waals surface area contributed by atoms with E-state index < -0.39 is 0 Å². The smallest absolute Gasteiger partial charge is 0.691 e. The molecule has 9 aromatic carbocycles. The van der Waals surface area contributed by atoms with Gasteiger partial charge in [-0.2, -0.15) is 159 Å². The van der Waals surface area contributed by atoms with Crippen molar-refractivity contribution in [2.24, 2.45) is 4.99 Å². The maximum atomic E-state index is 4.74. The molecule has 0 radical (unpaired) electrons. The van der Waals surface area contributed by atoms with Crippen molar-refractivity contribution in [3.8, 4) is 12.8 Å². The van der Waals surface area contributed by atoms with Gasteiger partial charge in [0.15, 0.2) is 0 Å². The summed E-state index contributed by atoms with van der Waals surface area (Å²) in [5, 5.41) is 20.0. The molecule has 0 aliphatic heterocycles. The summed E-state index contributed by atoms with van der Waals surface area (Å²) in [5.41, 5.74) is 17.8. The first-order chi connectivity index (χ1) is 45.9. The first kappa shape index (κ1) is 95.0. The zero-order chi connectivity index (χ0) is 70.7. The molecule has 0 aliphatic carbocycles. The third kappa shape index (κ3) is 50.7.